The third kappa shape index (κ3) is 5.08. The number of benzene rings is 2. The highest BCUT2D eigenvalue weighted by molar-refractivity contribution is 7.99. The average Bonchev–Trinajstić information content (AvgIpc) is 2.86. The molecule has 178 valence electrons. The molecule has 2 aromatic carbocycles. The van der Waals surface area contributed by atoms with Crippen LogP contribution in [0.25, 0.3) is 0 Å². The molecule has 0 radical (unpaired) electrons. The van der Waals surface area contributed by atoms with E-state index >= 15 is 0 Å². The van der Waals surface area contributed by atoms with E-state index in [1.807, 2.05) is 37.3 Å². The van der Waals surface area contributed by atoms with E-state index in [0.29, 0.717) is 13.1 Å². The van der Waals surface area contributed by atoms with Gasteiger partial charge in [-0.25, -0.2) is 8.42 Å². The van der Waals surface area contributed by atoms with Crippen LogP contribution in [0.3, 0.4) is 0 Å². The molecule has 3 heterocycles. The molecule has 33 heavy (non-hydrogen) atoms. The molecule has 7 nitrogen and oxygen atoms in total. The smallest absolute Gasteiger partial charge is 0.220 e. The van der Waals surface area contributed by atoms with Crippen LogP contribution in [0.2, 0.25) is 0 Å². The Morgan fingerprint density at radius 1 is 0.909 bits per heavy atom. The number of anilines is 2. The van der Waals surface area contributed by atoms with Gasteiger partial charge in [0.2, 0.25) is 10.0 Å². The fourth-order valence-electron chi connectivity index (χ4n) is 4.62. The normalized spacial score (nSPS) is 21.1. The van der Waals surface area contributed by atoms with Crippen molar-refractivity contribution >= 4 is 33.2 Å². The van der Waals surface area contributed by atoms with E-state index in [0.717, 1.165) is 74.3 Å². The Morgan fingerprint density at radius 3 is 2.33 bits per heavy atom. The van der Waals surface area contributed by atoms with Gasteiger partial charge >= 0.3 is 0 Å². The largest absolute Gasteiger partial charge is 0.379 e. The Hall–Kier alpha value is -1.62. The SMILES string of the molecule is CC(c1ccc2c(c1)Nc1ccccc1S2)S(=O)(=O)N1CCN(CCN2CCOCC2)CC1. The summed E-state index contributed by atoms with van der Waals surface area (Å²) in [5.41, 5.74) is 2.87. The van der Waals surface area contributed by atoms with Crippen molar-refractivity contribution in [2.75, 3.05) is 70.9 Å². The van der Waals surface area contributed by atoms with Gasteiger partial charge in [0.1, 0.15) is 0 Å². The molecule has 5 rings (SSSR count). The third-order valence-corrected chi connectivity index (χ3v) is 10.2. The maximum absolute atomic E-state index is 13.4. The molecule has 3 aliphatic heterocycles. The molecule has 2 saturated heterocycles. The van der Waals surface area contributed by atoms with Crippen molar-refractivity contribution in [2.24, 2.45) is 0 Å². The molecular weight excluding hydrogens is 456 g/mol. The van der Waals surface area contributed by atoms with E-state index < -0.39 is 15.3 Å². The summed E-state index contributed by atoms with van der Waals surface area (Å²) >= 11 is 1.72. The van der Waals surface area contributed by atoms with Crippen LogP contribution in [0, 0.1) is 0 Å². The maximum atomic E-state index is 13.4. The zero-order chi connectivity index (χ0) is 22.8. The number of sulfonamides is 1. The lowest BCUT2D eigenvalue weighted by molar-refractivity contribution is 0.0317. The second-order valence-electron chi connectivity index (χ2n) is 8.86. The van der Waals surface area contributed by atoms with Crippen molar-refractivity contribution in [2.45, 2.75) is 22.0 Å². The highest BCUT2D eigenvalue weighted by Crippen LogP contribution is 2.45. The molecule has 0 spiro atoms. The number of rotatable bonds is 6. The molecule has 9 heteroatoms. The van der Waals surface area contributed by atoms with Gasteiger partial charge in [0, 0.05) is 62.1 Å². The van der Waals surface area contributed by atoms with Crippen molar-refractivity contribution in [3.8, 4) is 0 Å². The molecule has 1 atom stereocenters. The number of fused-ring (bicyclic) bond motifs is 2. The first kappa shape index (κ1) is 23.1. The van der Waals surface area contributed by atoms with Crippen molar-refractivity contribution in [1.82, 2.24) is 14.1 Å². The number of ether oxygens (including phenoxy) is 1. The van der Waals surface area contributed by atoms with E-state index in [1.54, 1.807) is 16.1 Å². The first-order valence-electron chi connectivity index (χ1n) is 11.7. The van der Waals surface area contributed by atoms with Crippen LogP contribution < -0.4 is 5.32 Å². The Balaban J connectivity index is 1.20. The van der Waals surface area contributed by atoms with E-state index in [-0.39, 0.29) is 0 Å². The second-order valence-corrected chi connectivity index (χ2v) is 12.2. The Labute approximate surface area is 201 Å². The molecule has 1 unspecified atom stereocenters. The number of nitrogens with zero attached hydrogens (tertiary/aromatic N) is 3. The lowest BCUT2D eigenvalue weighted by Crippen LogP contribution is -2.51. The average molecular weight is 489 g/mol. The summed E-state index contributed by atoms with van der Waals surface area (Å²) in [6, 6.07) is 14.2. The van der Waals surface area contributed by atoms with Crippen LogP contribution in [-0.4, -0.2) is 88.1 Å². The zero-order valence-electron chi connectivity index (χ0n) is 19.1. The maximum Gasteiger partial charge on any atom is 0.220 e. The minimum atomic E-state index is -3.42. The van der Waals surface area contributed by atoms with Gasteiger partial charge in [0.05, 0.1) is 29.8 Å². The lowest BCUT2D eigenvalue weighted by atomic mass is 10.1. The topological polar surface area (TPSA) is 65.1 Å². The Morgan fingerprint density at radius 2 is 1.58 bits per heavy atom. The van der Waals surface area contributed by atoms with Crippen LogP contribution in [0.5, 0.6) is 0 Å². The highest BCUT2D eigenvalue weighted by atomic mass is 32.2. The van der Waals surface area contributed by atoms with Crippen LogP contribution >= 0.6 is 11.8 Å². The van der Waals surface area contributed by atoms with Gasteiger partial charge in [0.15, 0.2) is 0 Å². The highest BCUT2D eigenvalue weighted by Gasteiger charge is 2.33. The minimum absolute atomic E-state index is 0.558. The number of para-hydroxylation sites is 1. The van der Waals surface area contributed by atoms with E-state index in [1.165, 1.54) is 4.90 Å². The molecule has 2 aromatic rings. The molecule has 3 aliphatic rings. The third-order valence-electron chi connectivity index (χ3n) is 6.82. The quantitative estimate of drug-likeness (QED) is 0.571. The van der Waals surface area contributed by atoms with Crippen molar-refractivity contribution in [3.05, 3.63) is 48.0 Å². The molecule has 0 amide bonds. The monoisotopic (exact) mass is 488 g/mol. The van der Waals surface area contributed by atoms with Crippen LogP contribution in [-0.2, 0) is 14.8 Å². The first-order valence-corrected chi connectivity index (χ1v) is 14.0. The predicted molar refractivity (Wildman–Crippen MR) is 133 cm³/mol. The standard InChI is InChI=1S/C24H32N4O3S2/c1-19(20-6-7-24-22(18-20)25-21-4-2-3-5-23(21)32-24)33(29,30)28-12-10-26(11-13-28)8-9-27-14-16-31-17-15-27/h2-7,18-19,25H,8-17H2,1H3. The summed E-state index contributed by atoms with van der Waals surface area (Å²) in [5, 5.41) is 2.89. The first-order chi connectivity index (χ1) is 16.0. The number of piperazine rings is 1. The molecule has 2 fully saturated rings. The number of hydrogen-bond donors (Lipinski definition) is 1. The van der Waals surface area contributed by atoms with Crippen molar-refractivity contribution < 1.29 is 13.2 Å². The summed E-state index contributed by atoms with van der Waals surface area (Å²) in [6.45, 7) is 10.1. The van der Waals surface area contributed by atoms with Gasteiger partial charge in [-0.3, -0.25) is 9.80 Å². The van der Waals surface area contributed by atoms with Crippen LogP contribution in [0.4, 0.5) is 11.4 Å². The van der Waals surface area contributed by atoms with E-state index in [4.69, 9.17) is 4.74 Å². The lowest BCUT2D eigenvalue weighted by Gasteiger charge is -2.37. The number of morpholine rings is 1. The Bertz CT molecular complexity index is 1080. The summed E-state index contributed by atoms with van der Waals surface area (Å²) in [7, 11) is -3.42. The fraction of sp³-hybridized carbons (Fsp3) is 0.500. The number of hydrogen-bond acceptors (Lipinski definition) is 7. The van der Waals surface area contributed by atoms with Gasteiger partial charge in [0.25, 0.3) is 0 Å². The van der Waals surface area contributed by atoms with Gasteiger partial charge in [-0.1, -0.05) is 30.0 Å². The Kier molecular flexibility index (Phi) is 6.96. The summed E-state index contributed by atoms with van der Waals surface area (Å²) in [6.07, 6.45) is 0. The van der Waals surface area contributed by atoms with E-state index in [2.05, 4.69) is 27.2 Å². The van der Waals surface area contributed by atoms with Gasteiger partial charge in [-0.05, 0) is 36.8 Å². The van der Waals surface area contributed by atoms with Gasteiger partial charge in [-0.2, -0.15) is 4.31 Å². The van der Waals surface area contributed by atoms with Crippen molar-refractivity contribution in [1.29, 1.82) is 0 Å². The fourth-order valence-corrected chi connectivity index (χ4v) is 7.20. The molecule has 0 bridgehead atoms. The summed E-state index contributed by atoms with van der Waals surface area (Å²) in [4.78, 5) is 7.11. The van der Waals surface area contributed by atoms with Crippen molar-refractivity contribution in [3.63, 3.8) is 0 Å². The minimum Gasteiger partial charge on any atom is -0.379 e. The summed E-state index contributed by atoms with van der Waals surface area (Å²) < 4.78 is 33.9. The van der Waals surface area contributed by atoms with Crippen LogP contribution in [0.1, 0.15) is 17.7 Å². The molecule has 0 aliphatic carbocycles. The van der Waals surface area contributed by atoms with Gasteiger partial charge in [-0.15, -0.1) is 0 Å². The molecule has 0 saturated carbocycles. The van der Waals surface area contributed by atoms with E-state index in [9.17, 15) is 8.42 Å². The molecular formula is C24H32N4O3S2. The molecule has 1 N–H and O–H groups in total. The van der Waals surface area contributed by atoms with Crippen LogP contribution in [0.15, 0.2) is 52.3 Å². The molecule has 0 aromatic heterocycles. The second kappa shape index (κ2) is 9.93. The van der Waals surface area contributed by atoms with Gasteiger partial charge < -0.3 is 10.1 Å². The summed E-state index contributed by atoms with van der Waals surface area (Å²) in [5.74, 6) is 0. The predicted octanol–water partition coefficient (Wildman–Crippen LogP) is 3.24. The zero-order valence-corrected chi connectivity index (χ0v) is 20.7. The number of nitrogens with one attached hydrogen (secondary N) is 1.